The molecule has 1 aromatic carbocycles. The highest BCUT2D eigenvalue weighted by atomic mass is 16.5. The molecular formula is C15H19N3O2. The SMILES string of the molecule is OC(CC1CCOCC1)c1cnn(-c2ccccc2)n1. The topological polar surface area (TPSA) is 60.2 Å². The fourth-order valence-corrected chi connectivity index (χ4v) is 2.53. The molecule has 2 aromatic rings. The number of aromatic nitrogens is 3. The average molecular weight is 273 g/mol. The van der Waals surface area contributed by atoms with Gasteiger partial charge in [0, 0.05) is 13.2 Å². The first-order chi connectivity index (χ1) is 9.83. The van der Waals surface area contributed by atoms with Gasteiger partial charge < -0.3 is 9.84 Å². The molecule has 2 heterocycles. The first-order valence-corrected chi connectivity index (χ1v) is 7.06. The van der Waals surface area contributed by atoms with Crippen molar-refractivity contribution in [3.8, 4) is 5.69 Å². The van der Waals surface area contributed by atoms with E-state index in [4.69, 9.17) is 4.74 Å². The zero-order valence-electron chi connectivity index (χ0n) is 11.4. The molecule has 5 heteroatoms. The third-order valence-electron chi connectivity index (χ3n) is 3.74. The summed E-state index contributed by atoms with van der Waals surface area (Å²) < 4.78 is 5.34. The molecule has 0 radical (unpaired) electrons. The number of benzene rings is 1. The zero-order valence-corrected chi connectivity index (χ0v) is 11.4. The van der Waals surface area contributed by atoms with Crippen molar-refractivity contribution in [2.45, 2.75) is 25.4 Å². The van der Waals surface area contributed by atoms with Crippen LogP contribution in [0.1, 0.15) is 31.1 Å². The van der Waals surface area contributed by atoms with Crippen LogP contribution >= 0.6 is 0 Å². The maximum absolute atomic E-state index is 10.3. The monoisotopic (exact) mass is 273 g/mol. The highest BCUT2D eigenvalue weighted by molar-refractivity contribution is 5.28. The molecule has 106 valence electrons. The lowest BCUT2D eigenvalue weighted by molar-refractivity contribution is 0.0426. The predicted octanol–water partition coefficient (Wildman–Crippen LogP) is 2.12. The van der Waals surface area contributed by atoms with Crippen molar-refractivity contribution in [1.29, 1.82) is 0 Å². The van der Waals surface area contributed by atoms with Crippen molar-refractivity contribution in [2.75, 3.05) is 13.2 Å². The van der Waals surface area contributed by atoms with Gasteiger partial charge >= 0.3 is 0 Å². The third-order valence-corrected chi connectivity index (χ3v) is 3.74. The van der Waals surface area contributed by atoms with Crippen LogP contribution in [0.4, 0.5) is 0 Å². The molecule has 20 heavy (non-hydrogen) atoms. The van der Waals surface area contributed by atoms with Crippen molar-refractivity contribution in [2.24, 2.45) is 5.92 Å². The number of para-hydroxylation sites is 1. The molecule has 0 aliphatic carbocycles. The zero-order chi connectivity index (χ0) is 13.8. The van der Waals surface area contributed by atoms with Crippen molar-refractivity contribution >= 4 is 0 Å². The average Bonchev–Trinajstić information content (AvgIpc) is 2.99. The van der Waals surface area contributed by atoms with E-state index in [0.717, 1.165) is 38.2 Å². The van der Waals surface area contributed by atoms with E-state index in [0.29, 0.717) is 11.6 Å². The quantitative estimate of drug-likeness (QED) is 0.927. The lowest BCUT2D eigenvalue weighted by atomic mass is 9.93. The van der Waals surface area contributed by atoms with Gasteiger partial charge in [0.05, 0.1) is 18.0 Å². The summed E-state index contributed by atoms with van der Waals surface area (Å²) in [5.41, 5.74) is 1.54. The molecule has 3 rings (SSSR count). The molecule has 1 aromatic heterocycles. The van der Waals surface area contributed by atoms with Crippen LogP contribution in [0.15, 0.2) is 36.5 Å². The number of nitrogens with zero attached hydrogens (tertiary/aromatic N) is 3. The fraction of sp³-hybridized carbons (Fsp3) is 0.467. The Labute approximate surface area is 118 Å². The van der Waals surface area contributed by atoms with Crippen LogP contribution in [0.3, 0.4) is 0 Å². The van der Waals surface area contributed by atoms with E-state index in [1.807, 2.05) is 30.3 Å². The van der Waals surface area contributed by atoms with Gasteiger partial charge in [-0.15, -0.1) is 0 Å². The minimum Gasteiger partial charge on any atom is -0.387 e. The Morgan fingerprint density at radius 3 is 2.75 bits per heavy atom. The second kappa shape index (κ2) is 6.15. The number of rotatable bonds is 4. The first kappa shape index (κ1) is 13.3. The van der Waals surface area contributed by atoms with Gasteiger partial charge in [-0.3, -0.25) is 0 Å². The van der Waals surface area contributed by atoms with E-state index in [1.165, 1.54) is 0 Å². The molecule has 0 bridgehead atoms. The van der Waals surface area contributed by atoms with E-state index in [9.17, 15) is 5.11 Å². The molecule has 5 nitrogen and oxygen atoms in total. The highest BCUT2D eigenvalue weighted by Crippen LogP contribution is 2.26. The fourth-order valence-electron chi connectivity index (χ4n) is 2.53. The lowest BCUT2D eigenvalue weighted by Gasteiger charge is -2.23. The summed E-state index contributed by atoms with van der Waals surface area (Å²) >= 11 is 0. The van der Waals surface area contributed by atoms with Crippen LogP contribution in [-0.2, 0) is 4.74 Å². The normalized spacial score (nSPS) is 18.1. The van der Waals surface area contributed by atoms with E-state index < -0.39 is 6.10 Å². The summed E-state index contributed by atoms with van der Waals surface area (Å²) in [6.07, 6.45) is 3.87. The standard InChI is InChI=1S/C15H19N3O2/c19-15(10-12-6-8-20-9-7-12)14-11-16-18(17-14)13-4-2-1-3-5-13/h1-5,11-12,15,19H,6-10H2. The second-order valence-corrected chi connectivity index (χ2v) is 5.20. The molecule has 1 N–H and O–H groups in total. The highest BCUT2D eigenvalue weighted by Gasteiger charge is 2.21. The lowest BCUT2D eigenvalue weighted by Crippen LogP contribution is -2.18. The summed E-state index contributed by atoms with van der Waals surface area (Å²) in [5.74, 6) is 0.514. The summed E-state index contributed by atoms with van der Waals surface area (Å²) in [5, 5.41) is 18.9. The van der Waals surface area contributed by atoms with Crippen molar-refractivity contribution < 1.29 is 9.84 Å². The minimum atomic E-state index is -0.546. The smallest absolute Gasteiger partial charge is 0.112 e. The van der Waals surface area contributed by atoms with Crippen molar-refractivity contribution in [3.63, 3.8) is 0 Å². The van der Waals surface area contributed by atoms with Crippen LogP contribution in [0.2, 0.25) is 0 Å². The summed E-state index contributed by atoms with van der Waals surface area (Å²) in [7, 11) is 0. The van der Waals surface area contributed by atoms with Crippen LogP contribution < -0.4 is 0 Å². The molecule has 0 amide bonds. The number of aliphatic hydroxyl groups is 1. The molecule has 0 saturated carbocycles. The Balaban J connectivity index is 1.66. The van der Waals surface area contributed by atoms with Gasteiger partial charge in [0.1, 0.15) is 5.69 Å². The van der Waals surface area contributed by atoms with Gasteiger partial charge in [-0.2, -0.15) is 15.0 Å². The Bertz CT molecular complexity index is 535. The molecule has 1 atom stereocenters. The first-order valence-electron chi connectivity index (χ1n) is 7.06. The second-order valence-electron chi connectivity index (χ2n) is 5.20. The molecule has 1 saturated heterocycles. The predicted molar refractivity (Wildman–Crippen MR) is 74.5 cm³/mol. The molecule has 1 fully saturated rings. The Morgan fingerprint density at radius 2 is 2.00 bits per heavy atom. The Morgan fingerprint density at radius 1 is 1.25 bits per heavy atom. The van der Waals surface area contributed by atoms with E-state index in [1.54, 1.807) is 11.0 Å². The maximum Gasteiger partial charge on any atom is 0.112 e. The maximum atomic E-state index is 10.3. The number of hydrogen-bond acceptors (Lipinski definition) is 4. The van der Waals surface area contributed by atoms with Crippen LogP contribution in [0, 0.1) is 5.92 Å². The summed E-state index contributed by atoms with van der Waals surface area (Å²) in [6.45, 7) is 1.60. The number of aliphatic hydroxyl groups excluding tert-OH is 1. The van der Waals surface area contributed by atoms with Crippen molar-refractivity contribution in [3.05, 3.63) is 42.2 Å². The number of ether oxygens (including phenoxy) is 1. The van der Waals surface area contributed by atoms with E-state index in [2.05, 4.69) is 10.2 Å². The van der Waals surface area contributed by atoms with Gasteiger partial charge in [0.25, 0.3) is 0 Å². The van der Waals surface area contributed by atoms with Gasteiger partial charge in [0.2, 0.25) is 0 Å². The molecule has 0 spiro atoms. The molecule has 1 aliphatic heterocycles. The van der Waals surface area contributed by atoms with Gasteiger partial charge in [0.15, 0.2) is 0 Å². The van der Waals surface area contributed by atoms with Crippen molar-refractivity contribution in [1.82, 2.24) is 15.0 Å². The number of hydrogen-bond donors (Lipinski definition) is 1. The summed E-state index contributed by atoms with van der Waals surface area (Å²) in [6, 6.07) is 9.71. The van der Waals surface area contributed by atoms with Gasteiger partial charge in [-0.1, -0.05) is 18.2 Å². The Hall–Kier alpha value is -1.72. The van der Waals surface area contributed by atoms with Crippen LogP contribution in [0.25, 0.3) is 5.69 Å². The third kappa shape index (κ3) is 3.05. The largest absolute Gasteiger partial charge is 0.387 e. The van der Waals surface area contributed by atoms with Crippen LogP contribution in [0.5, 0.6) is 0 Å². The van der Waals surface area contributed by atoms with Crippen LogP contribution in [-0.4, -0.2) is 33.3 Å². The van der Waals surface area contributed by atoms with E-state index >= 15 is 0 Å². The molecule has 1 aliphatic rings. The van der Waals surface area contributed by atoms with E-state index in [-0.39, 0.29) is 0 Å². The van der Waals surface area contributed by atoms with Gasteiger partial charge in [-0.25, -0.2) is 0 Å². The van der Waals surface area contributed by atoms with Gasteiger partial charge in [-0.05, 0) is 37.3 Å². The minimum absolute atomic E-state index is 0.514. The molecule has 1 unspecified atom stereocenters. The Kier molecular flexibility index (Phi) is 4.08. The summed E-state index contributed by atoms with van der Waals surface area (Å²) in [4.78, 5) is 1.56. The molecular weight excluding hydrogens is 254 g/mol.